The molecule has 1 aliphatic rings. The van der Waals surface area contributed by atoms with E-state index in [1.54, 1.807) is 6.92 Å². The van der Waals surface area contributed by atoms with E-state index in [1.165, 1.54) is 0 Å². The van der Waals surface area contributed by atoms with Gasteiger partial charge in [-0.3, -0.25) is 0 Å². The van der Waals surface area contributed by atoms with Crippen LogP contribution in [0.4, 0.5) is 0 Å². The first-order valence-electron chi connectivity index (χ1n) is 7.06. The minimum Gasteiger partial charge on any atom is -0.393 e. The van der Waals surface area contributed by atoms with Crippen LogP contribution in [0, 0.1) is 5.41 Å². The van der Waals surface area contributed by atoms with Gasteiger partial charge >= 0.3 is 0 Å². The predicted molar refractivity (Wildman–Crippen MR) is 88.1 cm³/mol. The fraction of sp³-hybridized carbons (Fsp3) is 0.533. The maximum Gasteiger partial charge on any atom is 0.154 e. The molecule has 1 fully saturated rings. The highest BCUT2D eigenvalue weighted by Gasteiger charge is 2.72. The monoisotopic (exact) mass is 327 g/mol. The summed E-state index contributed by atoms with van der Waals surface area (Å²) in [6.45, 7) is 4.28. The first kappa shape index (κ1) is 16.4. The molecule has 1 aliphatic carbocycles. The van der Waals surface area contributed by atoms with Gasteiger partial charge in [0.05, 0.1) is 22.3 Å². The molecule has 0 unspecified atom stereocenters. The molecule has 2 N–H and O–H groups in total. The van der Waals surface area contributed by atoms with Crippen LogP contribution in [0.1, 0.15) is 25.3 Å². The Morgan fingerprint density at radius 1 is 1.33 bits per heavy atom. The molecule has 0 aromatic heterocycles. The van der Waals surface area contributed by atoms with Crippen LogP contribution in [0.15, 0.2) is 30.3 Å². The van der Waals surface area contributed by atoms with Crippen molar-refractivity contribution in [1.82, 2.24) is 0 Å². The normalized spacial score (nSPS) is 28.3. The Morgan fingerprint density at radius 2 is 1.95 bits per heavy atom. The predicted octanol–water partition coefficient (Wildman–Crippen LogP) is 1.90. The lowest BCUT2D eigenvalue weighted by Crippen LogP contribution is -2.33. The van der Waals surface area contributed by atoms with Gasteiger partial charge in [0.1, 0.15) is 0 Å². The van der Waals surface area contributed by atoms with Crippen molar-refractivity contribution in [1.29, 1.82) is 0 Å². The molecular formula is C15H21NO3S2. The van der Waals surface area contributed by atoms with E-state index in [9.17, 15) is 8.42 Å². The van der Waals surface area contributed by atoms with Crippen molar-refractivity contribution in [3.63, 3.8) is 0 Å². The van der Waals surface area contributed by atoms with E-state index in [2.05, 4.69) is 0 Å². The summed E-state index contributed by atoms with van der Waals surface area (Å²) in [6, 6.07) is 9.55. The fourth-order valence-electron chi connectivity index (χ4n) is 3.05. The quantitative estimate of drug-likeness (QED) is 0.775. The standard InChI is InChI=1S/C15H21NO3S2/c1-3-19-10-15(14(16)20)12(11-8-6-5-7-9-11)13(15)21(17,18)4-2/h5-9,12-13H,3-4,10H2,1-2H3,(H2,16,20)/t12-,13+,15+/m1/s1. The summed E-state index contributed by atoms with van der Waals surface area (Å²) in [7, 11) is -3.25. The fourth-order valence-corrected chi connectivity index (χ4v) is 5.52. The maximum absolute atomic E-state index is 12.5. The molecule has 0 saturated heterocycles. The van der Waals surface area contributed by atoms with Crippen molar-refractivity contribution >= 4 is 27.0 Å². The summed E-state index contributed by atoms with van der Waals surface area (Å²) in [6.07, 6.45) is 0. The third-order valence-corrected chi connectivity index (χ3v) is 6.86. The molecule has 21 heavy (non-hydrogen) atoms. The first-order valence-corrected chi connectivity index (χ1v) is 9.18. The first-order chi connectivity index (χ1) is 9.91. The highest BCUT2D eigenvalue weighted by molar-refractivity contribution is 7.92. The van der Waals surface area contributed by atoms with Gasteiger partial charge in [0.15, 0.2) is 9.84 Å². The number of benzene rings is 1. The number of hydrogen-bond acceptors (Lipinski definition) is 4. The van der Waals surface area contributed by atoms with Gasteiger partial charge < -0.3 is 10.5 Å². The molecule has 0 amide bonds. The van der Waals surface area contributed by atoms with E-state index in [0.29, 0.717) is 6.61 Å². The van der Waals surface area contributed by atoms with Gasteiger partial charge in [0.25, 0.3) is 0 Å². The molecule has 3 atom stereocenters. The molecule has 0 spiro atoms. The Bertz CT molecular complexity index is 615. The average Bonchev–Trinajstić information content (AvgIpc) is 3.17. The van der Waals surface area contributed by atoms with Gasteiger partial charge in [-0.25, -0.2) is 8.42 Å². The Labute approximate surface area is 131 Å². The second-order valence-corrected chi connectivity index (χ2v) is 8.15. The van der Waals surface area contributed by atoms with Crippen molar-refractivity contribution in [3.05, 3.63) is 35.9 Å². The molecule has 0 aliphatic heterocycles. The second-order valence-electron chi connectivity index (χ2n) is 5.30. The van der Waals surface area contributed by atoms with E-state index in [4.69, 9.17) is 22.7 Å². The molecule has 116 valence electrons. The molecule has 1 aromatic carbocycles. The lowest BCUT2D eigenvalue weighted by atomic mass is 10.00. The summed E-state index contributed by atoms with van der Waals surface area (Å²) >= 11 is 5.21. The van der Waals surface area contributed by atoms with Gasteiger partial charge in [-0.2, -0.15) is 0 Å². The third-order valence-electron chi connectivity index (χ3n) is 4.21. The van der Waals surface area contributed by atoms with Crippen LogP contribution < -0.4 is 5.73 Å². The summed E-state index contributed by atoms with van der Waals surface area (Å²) in [5.74, 6) is -0.134. The highest BCUT2D eigenvalue weighted by atomic mass is 32.2. The largest absolute Gasteiger partial charge is 0.393 e. The number of hydrogen-bond donors (Lipinski definition) is 1. The minimum atomic E-state index is -3.25. The molecule has 0 radical (unpaired) electrons. The van der Waals surface area contributed by atoms with Crippen LogP contribution in [0.2, 0.25) is 0 Å². The van der Waals surface area contributed by atoms with Gasteiger partial charge in [-0.15, -0.1) is 0 Å². The van der Waals surface area contributed by atoms with Crippen LogP contribution in [0.3, 0.4) is 0 Å². The van der Waals surface area contributed by atoms with Gasteiger partial charge in [-0.1, -0.05) is 49.5 Å². The molecule has 0 bridgehead atoms. The topological polar surface area (TPSA) is 69.4 Å². The number of rotatable bonds is 7. The summed E-state index contributed by atoms with van der Waals surface area (Å²) < 4.78 is 30.4. The van der Waals surface area contributed by atoms with E-state index >= 15 is 0 Å². The zero-order chi connectivity index (χ0) is 15.7. The number of nitrogens with two attached hydrogens (primary N) is 1. The van der Waals surface area contributed by atoms with E-state index in [-0.39, 0.29) is 23.3 Å². The van der Waals surface area contributed by atoms with Crippen LogP contribution in [-0.4, -0.2) is 37.6 Å². The van der Waals surface area contributed by atoms with E-state index in [0.717, 1.165) is 5.56 Å². The molecule has 4 nitrogen and oxygen atoms in total. The summed E-state index contributed by atoms with van der Waals surface area (Å²) in [5.41, 5.74) is 6.10. The van der Waals surface area contributed by atoms with Crippen molar-refractivity contribution in [3.8, 4) is 0 Å². The Hall–Kier alpha value is -0.980. The minimum absolute atomic E-state index is 0.0808. The molecular weight excluding hydrogens is 306 g/mol. The van der Waals surface area contributed by atoms with Crippen molar-refractivity contribution in [2.24, 2.45) is 11.1 Å². The number of thiocarbonyl (C=S) groups is 1. The van der Waals surface area contributed by atoms with Crippen LogP contribution in [-0.2, 0) is 14.6 Å². The third kappa shape index (κ3) is 2.72. The van der Waals surface area contributed by atoms with Crippen LogP contribution in [0.25, 0.3) is 0 Å². The van der Waals surface area contributed by atoms with Crippen molar-refractivity contribution in [2.75, 3.05) is 19.0 Å². The molecule has 0 heterocycles. The van der Waals surface area contributed by atoms with E-state index in [1.807, 2.05) is 37.3 Å². The molecule has 1 saturated carbocycles. The highest BCUT2D eigenvalue weighted by Crippen LogP contribution is 2.63. The maximum atomic E-state index is 12.5. The molecule has 1 aromatic rings. The second kappa shape index (κ2) is 6.02. The molecule has 6 heteroatoms. The zero-order valence-corrected chi connectivity index (χ0v) is 13.9. The SMILES string of the molecule is CCOC[C@]1(C(N)=S)[C@H](c2ccccc2)[C@@H]1S(=O)(=O)CC. The molecule has 2 rings (SSSR count). The Balaban J connectivity index is 2.47. The zero-order valence-electron chi connectivity index (χ0n) is 12.3. The number of ether oxygens (including phenoxy) is 1. The average molecular weight is 327 g/mol. The van der Waals surface area contributed by atoms with Crippen molar-refractivity contribution in [2.45, 2.75) is 25.0 Å². The smallest absolute Gasteiger partial charge is 0.154 e. The van der Waals surface area contributed by atoms with Gasteiger partial charge in [-0.05, 0) is 12.5 Å². The number of sulfone groups is 1. The summed E-state index contributed by atoms with van der Waals surface area (Å²) in [5, 5.41) is -0.582. The summed E-state index contributed by atoms with van der Waals surface area (Å²) in [4.78, 5) is 0.229. The van der Waals surface area contributed by atoms with E-state index < -0.39 is 20.5 Å². The Kier molecular flexibility index (Phi) is 4.70. The van der Waals surface area contributed by atoms with Gasteiger partial charge in [0.2, 0.25) is 0 Å². The van der Waals surface area contributed by atoms with Crippen LogP contribution >= 0.6 is 12.2 Å². The Morgan fingerprint density at radius 3 is 2.43 bits per heavy atom. The lowest BCUT2D eigenvalue weighted by molar-refractivity contribution is 0.121. The van der Waals surface area contributed by atoms with Gasteiger partial charge in [0, 0.05) is 18.3 Å². The lowest BCUT2D eigenvalue weighted by Gasteiger charge is -2.16. The van der Waals surface area contributed by atoms with Crippen LogP contribution in [0.5, 0.6) is 0 Å². The van der Waals surface area contributed by atoms with Crippen molar-refractivity contribution < 1.29 is 13.2 Å².